The van der Waals surface area contributed by atoms with Gasteiger partial charge in [0.25, 0.3) is 0 Å². The van der Waals surface area contributed by atoms with Crippen LogP contribution in [0.3, 0.4) is 0 Å². The highest BCUT2D eigenvalue weighted by Gasteiger charge is 2.26. The quantitative estimate of drug-likeness (QED) is 0.432. The number of hydrogen-bond donors (Lipinski definition) is 0. The Morgan fingerprint density at radius 3 is 2.48 bits per heavy atom. The molecule has 1 atom stereocenters. The Bertz CT molecular complexity index is 1010. The number of rotatable bonds is 2. The van der Waals surface area contributed by atoms with Crippen LogP contribution in [-0.2, 0) is 25.7 Å². The van der Waals surface area contributed by atoms with Gasteiger partial charge in [0.1, 0.15) is 10.6 Å². The molecular weight excluding hydrogens is 398 g/mol. The van der Waals surface area contributed by atoms with Gasteiger partial charge >= 0.3 is 0 Å². The second-order valence-corrected chi connectivity index (χ2v) is 9.67. The molecule has 0 N–H and O–H groups in total. The Kier molecular flexibility index (Phi) is 6.17. The molecule has 2 heterocycles. The average Bonchev–Trinajstić information content (AvgIpc) is 3.04. The summed E-state index contributed by atoms with van der Waals surface area (Å²) in [6.07, 6.45) is 11.3. The minimum absolute atomic E-state index is 0. The van der Waals surface area contributed by atoms with Crippen LogP contribution < -0.4 is 4.74 Å². The maximum Gasteiger partial charge on any atom is 0.124 e. The first kappa shape index (κ1) is 20.7. The lowest BCUT2D eigenvalue weighted by Gasteiger charge is -2.21. The second kappa shape index (κ2) is 8.65. The Labute approximate surface area is 184 Å². The molecule has 0 spiro atoms. The minimum Gasteiger partial charge on any atom is -0.497 e. The van der Waals surface area contributed by atoms with Crippen molar-refractivity contribution in [3.63, 3.8) is 0 Å². The number of aryl methyl sites for hydroxylation is 2. The fraction of sp³-hybridized carbons (Fsp3) is 0.480. The van der Waals surface area contributed by atoms with Crippen molar-refractivity contribution in [3.8, 4) is 16.9 Å². The molecule has 2 aliphatic rings. The van der Waals surface area contributed by atoms with Gasteiger partial charge in [0.15, 0.2) is 0 Å². The molecule has 0 bridgehead atoms. The van der Waals surface area contributed by atoms with Gasteiger partial charge in [0.2, 0.25) is 0 Å². The highest BCUT2D eigenvalue weighted by atomic mass is 35.5. The molecule has 154 valence electrons. The standard InChI is InChI=1S/C25H29NOS.ClH/c1-16-9-14-20-22(15-16)28-25-24(20)23(17-10-12-18(27-2)13-11-17)19-7-5-3-4-6-8-21(19)26-25;/h10-13,16H,3-9,14-15H2,1-2H3;1H. The van der Waals surface area contributed by atoms with Crippen molar-refractivity contribution >= 4 is 34.0 Å². The number of methoxy groups -OCH3 is 1. The lowest BCUT2D eigenvalue weighted by molar-refractivity contribution is 0.415. The van der Waals surface area contributed by atoms with Gasteiger partial charge in [-0.1, -0.05) is 31.9 Å². The molecular formula is C25H30ClNOS. The number of halogens is 1. The van der Waals surface area contributed by atoms with Crippen molar-refractivity contribution in [2.45, 2.75) is 64.7 Å². The number of thiophene rings is 1. The predicted molar refractivity (Wildman–Crippen MR) is 126 cm³/mol. The number of fused-ring (bicyclic) bond motifs is 4. The van der Waals surface area contributed by atoms with Crippen molar-refractivity contribution < 1.29 is 4.74 Å². The number of hydrogen-bond acceptors (Lipinski definition) is 3. The summed E-state index contributed by atoms with van der Waals surface area (Å²) < 4.78 is 5.42. The highest BCUT2D eigenvalue weighted by Crippen LogP contribution is 2.45. The molecule has 0 amide bonds. The SMILES string of the molecule is COc1ccc(-c2c3c(nc4sc5c(c24)CCC(C)C5)CCCCCC3)cc1.Cl. The Hall–Kier alpha value is -1.58. The molecule has 0 fully saturated rings. The van der Waals surface area contributed by atoms with Gasteiger partial charge in [-0.25, -0.2) is 4.98 Å². The highest BCUT2D eigenvalue weighted by molar-refractivity contribution is 7.19. The molecule has 1 unspecified atom stereocenters. The molecule has 2 aliphatic carbocycles. The summed E-state index contributed by atoms with van der Waals surface area (Å²) in [7, 11) is 1.74. The van der Waals surface area contributed by atoms with Gasteiger partial charge in [-0.2, -0.15) is 0 Å². The molecule has 5 rings (SSSR count). The fourth-order valence-corrected chi connectivity index (χ4v) is 6.47. The van der Waals surface area contributed by atoms with Crippen LogP contribution in [0, 0.1) is 5.92 Å². The van der Waals surface area contributed by atoms with E-state index in [1.807, 2.05) is 11.3 Å². The van der Waals surface area contributed by atoms with E-state index in [4.69, 9.17) is 9.72 Å². The zero-order valence-electron chi connectivity index (χ0n) is 17.4. The normalized spacial score (nSPS) is 18.9. The van der Waals surface area contributed by atoms with Crippen LogP contribution in [0.5, 0.6) is 5.75 Å². The summed E-state index contributed by atoms with van der Waals surface area (Å²) in [5.74, 6) is 1.73. The largest absolute Gasteiger partial charge is 0.497 e. The Morgan fingerprint density at radius 2 is 1.72 bits per heavy atom. The summed E-state index contributed by atoms with van der Waals surface area (Å²) in [4.78, 5) is 8.13. The molecule has 1 aromatic carbocycles. The average molecular weight is 428 g/mol. The van der Waals surface area contributed by atoms with Gasteiger partial charge in [-0.3, -0.25) is 0 Å². The third-order valence-electron chi connectivity index (χ3n) is 6.60. The van der Waals surface area contributed by atoms with Crippen molar-refractivity contribution in [2.75, 3.05) is 7.11 Å². The van der Waals surface area contributed by atoms with Crippen LogP contribution in [0.4, 0.5) is 0 Å². The maximum absolute atomic E-state index is 5.42. The van der Waals surface area contributed by atoms with Crippen LogP contribution in [0.15, 0.2) is 24.3 Å². The van der Waals surface area contributed by atoms with E-state index in [9.17, 15) is 0 Å². The number of nitrogens with zero attached hydrogens (tertiary/aromatic N) is 1. The van der Waals surface area contributed by atoms with Crippen LogP contribution >= 0.6 is 23.7 Å². The van der Waals surface area contributed by atoms with Crippen LogP contribution in [0.2, 0.25) is 0 Å². The number of pyridine rings is 1. The van der Waals surface area contributed by atoms with E-state index in [2.05, 4.69) is 31.2 Å². The van der Waals surface area contributed by atoms with Gasteiger partial charge in [0.05, 0.1) is 7.11 Å². The number of benzene rings is 1. The summed E-state index contributed by atoms with van der Waals surface area (Å²) in [6, 6.07) is 8.72. The van der Waals surface area contributed by atoms with Gasteiger partial charge in [-0.05, 0) is 85.3 Å². The first-order valence-corrected chi connectivity index (χ1v) is 11.7. The first-order chi connectivity index (χ1) is 13.7. The van der Waals surface area contributed by atoms with E-state index in [1.165, 1.54) is 84.0 Å². The lowest BCUT2D eigenvalue weighted by Crippen LogP contribution is -2.09. The molecule has 0 saturated carbocycles. The Balaban J connectivity index is 0.00000205. The molecule has 2 aromatic heterocycles. The summed E-state index contributed by atoms with van der Waals surface area (Å²) in [6.45, 7) is 2.39. The van der Waals surface area contributed by atoms with Crippen molar-refractivity contribution in [1.29, 1.82) is 0 Å². The van der Waals surface area contributed by atoms with E-state index < -0.39 is 0 Å². The number of ether oxygens (including phenoxy) is 1. The van der Waals surface area contributed by atoms with Crippen LogP contribution in [0.25, 0.3) is 21.3 Å². The molecule has 0 radical (unpaired) electrons. The molecule has 0 saturated heterocycles. The Morgan fingerprint density at radius 1 is 0.966 bits per heavy atom. The molecule has 0 aliphatic heterocycles. The minimum atomic E-state index is 0. The van der Waals surface area contributed by atoms with Gasteiger partial charge in [-0.15, -0.1) is 23.7 Å². The third kappa shape index (κ3) is 3.80. The fourth-order valence-electron chi connectivity index (χ4n) is 5.06. The maximum atomic E-state index is 5.42. The summed E-state index contributed by atoms with van der Waals surface area (Å²) in [5.41, 5.74) is 7.31. The van der Waals surface area contributed by atoms with E-state index in [1.54, 1.807) is 17.6 Å². The zero-order valence-corrected chi connectivity index (χ0v) is 19.1. The van der Waals surface area contributed by atoms with Gasteiger partial charge in [0, 0.05) is 16.0 Å². The first-order valence-electron chi connectivity index (χ1n) is 10.8. The topological polar surface area (TPSA) is 22.1 Å². The monoisotopic (exact) mass is 427 g/mol. The smallest absolute Gasteiger partial charge is 0.124 e. The second-order valence-electron chi connectivity index (χ2n) is 8.59. The van der Waals surface area contributed by atoms with E-state index in [0.29, 0.717) is 0 Å². The number of aromatic nitrogens is 1. The molecule has 2 nitrogen and oxygen atoms in total. The van der Waals surface area contributed by atoms with Crippen molar-refractivity contribution in [3.05, 3.63) is 46.0 Å². The third-order valence-corrected chi connectivity index (χ3v) is 7.75. The zero-order chi connectivity index (χ0) is 19.1. The predicted octanol–water partition coefficient (Wildman–Crippen LogP) is 7.18. The van der Waals surface area contributed by atoms with E-state index in [0.717, 1.165) is 18.1 Å². The van der Waals surface area contributed by atoms with Crippen molar-refractivity contribution in [2.24, 2.45) is 5.92 Å². The van der Waals surface area contributed by atoms with Gasteiger partial charge < -0.3 is 4.74 Å². The van der Waals surface area contributed by atoms with Crippen LogP contribution in [-0.4, -0.2) is 12.1 Å². The lowest BCUT2D eigenvalue weighted by atomic mass is 9.84. The summed E-state index contributed by atoms with van der Waals surface area (Å²) in [5, 5.41) is 1.47. The van der Waals surface area contributed by atoms with Crippen molar-refractivity contribution in [1.82, 2.24) is 4.98 Å². The van der Waals surface area contributed by atoms with E-state index in [-0.39, 0.29) is 12.4 Å². The molecule has 3 aromatic rings. The molecule has 4 heteroatoms. The summed E-state index contributed by atoms with van der Waals surface area (Å²) >= 11 is 1.97. The van der Waals surface area contributed by atoms with E-state index >= 15 is 0 Å². The van der Waals surface area contributed by atoms with Crippen LogP contribution in [0.1, 0.15) is 60.7 Å². The molecule has 29 heavy (non-hydrogen) atoms.